The Balaban J connectivity index is 1.72. The first-order valence-corrected chi connectivity index (χ1v) is 7.41. The summed E-state index contributed by atoms with van der Waals surface area (Å²) in [5.74, 6) is 0. The van der Waals surface area contributed by atoms with Crippen molar-refractivity contribution in [3.63, 3.8) is 0 Å². The van der Waals surface area contributed by atoms with E-state index in [0.717, 1.165) is 32.7 Å². The molecule has 2 rings (SSSR count). The monoisotopic (exact) mass is 262 g/mol. The second kappa shape index (κ2) is 8.31. The third kappa shape index (κ3) is 4.94. The second-order valence-corrected chi connectivity index (χ2v) is 5.22. The number of benzene rings is 1. The summed E-state index contributed by atoms with van der Waals surface area (Å²) in [7, 11) is 2.00. The van der Waals surface area contributed by atoms with Crippen molar-refractivity contribution >= 4 is 0 Å². The maximum absolute atomic E-state index is 5.84. The lowest BCUT2D eigenvalue weighted by Crippen LogP contribution is -2.24. The largest absolute Gasteiger partial charge is 0.375 e. The third-order valence-corrected chi connectivity index (χ3v) is 3.77. The van der Waals surface area contributed by atoms with Crippen LogP contribution in [0, 0.1) is 0 Å². The lowest BCUT2D eigenvalue weighted by atomic mass is 10.1. The Morgan fingerprint density at radius 2 is 1.89 bits per heavy atom. The van der Waals surface area contributed by atoms with Crippen LogP contribution in [0.5, 0.6) is 0 Å². The summed E-state index contributed by atoms with van der Waals surface area (Å²) in [6.07, 6.45) is 3.78. The van der Waals surface area contributed by atoms with E-state index in [0.29, 0.717) is 0 Å². The molecule has 1 fully saturated rings. The van der Waals surface area contributed by atoms with E-state index in [1.54, 1.807) is 0 Å². The van der Waals surface area contributed by atoms with Crippen molar-refractivity contribution in [1.29, 1.82) is 0 Å². The quantitative estimate of drug-likeness (QED) is 0.726. The maximum atomic E-state index is 5.84. The van der Waals surface area contributed by atoms with Crippen molar-refractivity contribution in [3.8, 4) is 0 Å². The number of likely N-dealkylation sites (tertiary alicyclic amines) is 1. The molecular formula is C16H26N2O. The molecule has 106 valence electrons. The summed E-state index contributed by atoms with van der Waals surface area (Å²) >= 11 is 0. The topological polar surface area (TPSA) is 24.5 Å². The lowest BCUT2D eigenvalue weighted by molar-refractivity contribution is 0.0988. The highest BCUT2D eigenvalue weighted by atomic mass is 16.5. The van der Waals surface area contributed by atoms with Crippen LogP contribution in [0.15, 0.2) is 24.3 Å². The normalized spacial score (nSPS) is 16.1. The summed E-state index contributed by atoms with van der Waals surface area (Å²) < 4.78 is 5.84. The van der Waals surface area contributed by atoms with Crippen LogP contribution >= 0.6 is 0 Å². The first kappa shape index (κ1) is 14.5. The van der Waals surface area contributed by atoms with Gasteiger partial charge in [-0.3, -0.25) is 0 Å². The molecule has 0 aliphatic carbocycles. The highest BCUT2D eigenvalue weighted by Crippen LogP contribution is 2.11. The van der Waals surface area contributed by atoms with E-state index in [2.05, 4.69) is 34.5 Å². The Morgan fingerprint density at radius 1 is 1.16 bits per heavy atom. The lowest BCUT2D eigenvalue weighted by Gasteiger charge is -2.15. The highest BCUT2D eigenvalue weighted by molar-refractivity contribution is 5.26. The minimum Gasteiger partial charge on any atom is -0.375 e. The van der Waals surface area contributed by atoms with Crippen LogP contribution in [-0.4, -0.2) is 44.7 Å². The van der Waals surface area contributed by atoms with E-state index in [4.69, 9.17) is 4.74 Å². The number of hydrogen-bond acceptors (Lipinski definition) is 3. The molecule has 0 bridgehead atoms. The van der Waals surface area contributed by atoms with Gasteiger partial charge < -0.3 is 15.0 Å². The van der Waals surface area contributed by atoms with Gasteiger partial charge >= 0.3 is 0 Å². The molecule has 1 aromatic rings. The van der Waals surface area contributed by atoms with Gasteiger partial charge in [-0.25, -0.2) is 0 Å². The van der Waals surface area contributed by atoms with Crippen LogP contribution in [0.2, 0.25) is 0 Å². The Morgan fingerprint density at radius 3 is 2.63 bits per heavy atom. The van der Waals surface area contributed by atoms with Crippen LogP contribution in [0.1, 0.15) is 24.0 Å². The van der Waals surface area contributed by atoms with Gasteiger partial charge in [0.15, 0.2) is 0 Å². The molecular weight excluding hydrogens is 236 g/mol. The highest BCUT2D eigenvalue weighted by Gasteiger charge is 2.10. The summed E-state index contributed by atoms with van der Waals surface area (Å²) in [5.41, 5.74) is 2.73. The molecule has 19 heavy (non-hydrogen) atoms. The molecule has 0 atom stereocenters. The fourth-order valence-electron chi connectivity index (χ4n) is 2.58. The Hall–Kier alpha value is -0.900. The van der Waals surface area contributed by atoms with Crippen LogP contribution in [-0.2, 0) is 17.8 Å². The fraction of sp³-hybridized carbons (Fsp3) is 0.625. The zero-order valence-electron chi connectivity index (χ0n) is 12.0. The SMILES string of the molecule is CNCCc1ccccc1COCCN1CCCC1. The molecule has 1 heterocycles. The molecule has 1 N–H and O–H groups in total. The molecule has 0 saturated carbocycles. The van der Waals surface area contributed by atoms with Crippen molar-refractivity contribution in [1.82, 2.24) is 10.2 Å². The average Bonchev–Trinajstić information content (AvgIpc) is 2.95. The molecule has 1 saturated heterocycles. The zero-order valence-corrected chi connectivity index (χ0v) is 12.0. The number of nitrogens with zero attached hydrogens (tertiary/aromatic N) is 1. The molecule has 0 amide bonds. The molecule has 1 aromatic carbocycles. The average molecular weight is 262 g/mol. The maximum Gasteiger partial charge on any atom is 0.0720 e. The molecule has 0 spiro atoms. The van der Waals surface area contributed by atoms with Crippen LogP contribution in [0.3, 0.4) is 0 Å². The first-order valence-electron chi connectivity index (χ1n) is 7.41. The minimum absolute atomic E-state index is 0.744. The van der Waals surface area contributed by atoms with Crippen molar-refractivity contribution in [2.75, 3.05) is 39.8 Å². The Bertz CT molecular complexity index is 362. The van der Waals surface area contributed by atoms with Crippen LogP contribution < -0.4 is 5.32 Å². The van der Waals surface area contributed by atoms with E-state index in [9.17, 15) is 0 Å². The fourth-order valence-corrected chi connectivity index (χ4v) is 2.58. The van der Waals surface area contributed by atoms with E-state index in [-0.39, 0.29) is 0 Å². The number of hydrogen-bond donors (Lipinski definition) is 1. The summed E-state index contributed by atoms with van der Waals surface area (Å²) in [5, 5.41) is 3.20. The summed E-state index contributed by atoms with van der Waals surface area (Å²) in [6.45, 7) is 6.20. The third-order valence-electron chi connectivity index (χ3n) is 3.77. The molecule has 1 aliphatic rings. The van der Waals surface area contributed by atoms with Crippen molar-refractivity contribution in [2.45, 2.75) is 25.9 Å². The number of nitrogens with one attached hydrogen (secondary N) is 1. The molecule has 3 nitrogen and oxygen atoms in total. The van der Waals surface area contributed by atoms with Gasteiger partial charge in [0.05, 0.1) is 13.2 Å². The van der Waals surface area contributed by atoms with Crippen molar-refractivity contribution in [3.05, 3.63) is 35.4 Å². The predicted molar refractivity (Wildman–Crippen MR) is 79.4 cm³/mol. The summed E-state index contributed by atoms with van der Waals surface area (Å²) in [4.78, 5) is 2.49. The molecule has 1 aliphatic heterocycles. The Kier molecular flexibility index (Phi) is 6.34. The smallest absolute Gasteiger partial charge is 0.0720 e. The van der Waals surface area contributed by atoms with Crippen molar-refractivity contribution in [2.24, 2.45) is 0 Å². The van der Waals surface area contributed by atoms with Crippen LogP contribution in [0.4, 0.5) is 0 Å². The van der Waals surface area contributed by atoms with Gasteiger partial charge in [0.25, 0.3) is 0 Å². The van der Waals surface area contributed by atoms with Crippen molar-refractivity contribution < 1.29 is 4.74 Å². The van der Waals surface area contributed by atoms with E-state index < -0.39 is 0 Å². The van der Waals surface area contributed by atoms with Gasteiger partial charge in [0, 0.05) is 6.54 Å². The van der Waals surface area contributed by atoms with Gasteiger partial charge in [-0.1, -0.05) is 24.3 Å². The first-order chi connectivity index (χ1) is 9.40. The predicted octanol–water partition coefficient (Wildman–Crippen LogP) is 2.06. The van der Waals surface area contributed by atoms with E-state index in [1.807, 2.05) is 7.05 Å². The van der Waals surface area contributed by atoms with E-state index in [1.165, 1.54) is 37.1 Å². The molecule has 0 aromatic heterocycles. The van der Waals surface area contributed by atoms with Crippen LogP contribution in [0.25, 0.3) is 0 Å². The molecule has 3 heteroatoms. The Labute approximate surface area is 116 Å². The molecule has 0 radical (unpaired) electrons. The van der Waals surface area contributed by atoms with Gasteiger partial charge in [-0.15, -0.1) is 0 Å². The second-order valence-electron chi connectivity index (χ2n) is 5.22. The zero-order chi connectivity index (χ0) is 13.3. The minimum atomic E-state index is 0.744. The van der Waals surface area contributed by atoms with Gasteiger partial charge in [0.1, 0.15) is 0 Å². The summed E-state index contributed by atoms with van der Waals surface area (Å²) in [6, 6.07) is 8.60. The molecule has 0 unspecified atom stereocenters. The van der Waals surface area contributed by atoms with E-state index >= 15 is 0 Å². The standard InChI is InChI=1S/C16H26N2O/c1-17-9-8-15-6-2-3-7-16(15)14-19-13-12-18-10-4-5-11-18/h2-3,6-7,17H,4-5,8-14H2,1H3. The van der Waals surface area contributed by atoms with Gasteiger partial charge in [-0.2, -0.15) is 0 Å². The number of ether oxygens (including phenoxy) is 1. The number of likely N-dealkylation sites (N-methyl/N-ethyl adjacent to an activating group) is 1. The number of rotatable bonds is 8. The van der Waals surface area contributed by atoms with Gasteiger partial charge in [0.2, 0.25) is 0 Å². The van der Waals surface area contributed by atoms with Gasteiger partial charge in [-0.05, 0) is 57.1 Å².